The summed E-state index contributed by atoms with van der Waals surface area (Å²) in [5.41, 5.74) is 3.99. The van der Waals surface area contributed by atoms with E-state index in [2.05, 4.69) is 26.5 Å². The number of hydrogen-bond donors (Lipinski definition) is 1. The number of nitrogens with one attached hydrogen (secondary N) is 1. The average molecular weight is 303 g/mol. The van der Waals surface area contributed by atoms with Gasteiger partial charge in [0.05, 0.1) is 6.21 Å². The first kappa shape index (κ1) is 12.5. The van der Waals surface area contributed by atoms with Gasteiger partial charge in [-0.25, -0.2) is 5.43 Å². The lowest BCUT2D eigenvalue weighted by atomic mass is 10.2. The quantitative estimate of drug-likeness (QED) is 0.686. The van der Waals surface area contributed by atoms with E-state index in [0.29, 0.717) is 5.56 Å². The molecule has 0 saturated heterocycles. The Labute approximate surface area is 114 Å². The van der Waals surface area contributed by atoms with Gasteiger partial charge in [-0.05, 0) is 29.8 Å². The Morgan fingerprint density at radius 1 is 1.06 bits per heavy atom. The van der Waals surface area contributed by atoms with E-state index in [1.165, 1.54) is 0 Å². The zero-order valence-electron chi connectivity index (χ0n) is 9.51. The van der Waals surface area contributed by atoms with Crippen LogP contribution < -0.4 is 5.43 Å². The molecule has 0 unspecified atom stereocenters. The maximum atomic E-state index is 11.7. The highest BCUT2D eigenvalue weighted by molar-refractivity contribution is 9.10. The monoisotopic (exact) mass is 302 g/mol. The van der Waals surface area contributed by atoms with Gasteiger partial charge in [0, 0.05) is 10.0 Å². The third-order valence-corrected chi connectivity index (χ3v) is 2.81. The summed E-state index contributed by atoms with van der Waals surface area (Å²) in [6.07, 6.45) is 1.60. The van der Waals surface area contributed by atoms with Crippen LogP contribution in [0.15, 0.2) is 64.2 Å². The fourth-order valence-corrected chi connectivity index (χ4v) is 1.63. The second-order valence-electron chi connectivity index (χ2n) is 3.62. The molecular weight excluding hydrogens is 292 g/mol. The van der Waals surface area contributed by atoms with Gasteiger partial charge in [-0.1, -0.05) is 46.3 Å². The smallest absolute Gasteiger partial charge is 0.267 e. The van der Waals surface area contributed by atoms with Crippen molar-refractivity contribution in [1.29, 1.82) is 0 Å². The fourth-order valence-electron chi connectivity index (χ4n) is 1.37. The predicted molar refractivity (Wildman–Crippen MR) is 75.6 cm³/mol. The van der Waals surface area contributed by atoms with Gasteiger partial charge >= 0.3 is 0 Å². The van der Waals surface area contributed by atoms with E-state index < -0.39 is 0 Å². The topological polar surface area (TPSA) is 41.5 Å². The van der Waals surface area contributed by atoms with Crippen molar-refractivity contribution in [3.63, 3.8) is 0 Å². The minimum atomic E-state index is -0.219. The number of benzene rings is 2. The number of halogens is 1. The van der Waals surface area contributed by atoms with Gasteiger partial charge in [0.15, 0.2) is 0 Å². The molecule has 0 aliphatic heterocycles. The molecule has 0 bridgehead atoms. The largest absolute Gasteiger partial charge is 0.271 e. The Bertz CT molecular complexity index is 550. The number of hydrogen-bond acceptors (Lipinski definition) is 2. The highest BCUT2D eigenvalue weighted by Gasteiger charge is 2.01. The van der Waals surface area contributed by atoms with Crippen molar-refractivity contribution in [3.05, 3.63) is 70.2 Å². The number of amides is 1. The molecule has 3 nitrogen and oxygen atoms in total. The molecule has 0 aromatic heterocycles. The van der Waals surface area contributed by atoms with Gasteiger partial charge < -0.3 is 0 Å². The van der Waals surface area contributed by atoms with Crippen molar-refractivity contribution >= 4 is 28.1 Å². The first-order chi connectivity index (χ1) is 8.75. The lowest BCUT2D eigenvalue weighted by Crippen LogP contribution is -2.17. The molecule has 1 N–H and O–H groups in total. The maximum absolute atomic E-state index is 11.7. The summed E-state index contributed by atoms with van der Waals surface area (Å²) in [5.74, 6) is -0.219. The summed E-state index contributed by atoms with van der Waals surface area (Å²) in [4.78, 5) is 11.7. The summed E-state index contributed by atoms with van der Waals surface area (Å²) >= 11 is 3.35. The molecule has 2 rings (SSSR count). The number of carbonyl (C=O) groups is 1. The summed E-state index contributed by atoms with van der Waals surface area (Å²) in [5, 5.41) is 3.91. The second kappa shape index (κ2) is 6.12. The standard InChI is InChI=1S/C14H11BrN2O/c15-13-8-6-11(7-9-13)10-16-17-14(18)12-4-2-1-3-5-12/h1-10H,(H,17,18)/b16-10-. The molecule has 0 spiro atoms. The molecule has 18 heavy (non-hydrogen) atoms. The molecule has 0 atom stereocenters. The maximum Gasteiger partial charge on any atom is 0.271 e. The minimum Gasteiger partial charge on any atom is -0.267 e. The van der Waals surface area contributed by atoms with Gasteiger partial charge in [-0.3, -0.25) is 4.79 Å². The van der Waals surface area contributed by atoms with Crippen molar-refractivity contribution in [3.8, 4) is 0 Å². The van der Waals surface area contributed by atoms with Crippen LogP contribution in [-0.2, 0) is 0 Å². The molecule has 0 saturated carbocycles. The van der Waals surface area contributed by atoms with E-state index in [-0.39, 0.29) is 5.91 Å². The van der Waals surface area contributed by atoms with Crippen LogP contribution in [0, 0.1) is 0 Å². The molecule has 0 aliphatic carbocycles. The van der Waals surface area contributed by atoms with Crippen molar-refractivity contribution in [2.75, 3.05) is 0 Å². The molecule has 0 aliphatic rings. The van der Waals surface area contributed by atoms with Gasteiger partial charge in [-0.2, -0.15) is 5.10 Å². The van der Waals surface area contributed by atoms with Crippen LogP contribution in [0.2, 0.25) is 0 Å². The Hall–Kier alpha value is -1.94. The van der Waals surface area contributed by atoms with Crippen LogP contribution in [0.5, 0.6) is 0 Å². The van der Waals surface area contributed by atoms with E-state index in [0.717, 1.165) is 10.0 Å². The number of nitrogens with zero attached hydrogens (tertiary/aromatic N) is 1. The predicted octanol–water partition coefficient (Wildman–Crippen LogP) is 3.21. The number of rotatable bonds is 3. The Morgan fingerprint density at radius 2 is 1.72 bits per heavy atom. The first-order valence-electron chi connectivity index (χ1n) is 5.40. The summed E-state index contributed by atoms with van der Waals surface area (Å²) in [7, 11) is 0. The molecule has 2 aromatic carbocycles. The minimum absolute atomic E-state index is 0.219. The molecule has 1 amide bonds. The van der Waals surface area contributed by atoms with Crippen molar-refractivity contribution < 1.29 is 4.79 Å². The summed E-state index contributed by atoms with van der Waals surface area (Å²) in [6, 6.07) is 16.6. The van der Waals surface area contributed by atoms with E-state index >= 15 is 0 Å². The van der Waals surface area contributed by atoms with E-state index in [1.807, 2.05) is 42.5 Å². The second-order valence-corrected chi connectivity index (χ2v) is 4.53. The van der Waals surface area contributed by atoms with Crippen molar-refractivity contribution in [2.45, 2.75) is 0 Å². The highest BCUT2D eigenvalue weighted by atomic mass is 79.9. The van der Waals surface area contributed by atoms with Gasteiger partial charge in [0.2, 0.25) is 0 Å². The lowest BCUT2D eigenvalue weighted by molar-refractivity contribution is 0.0955. The molecule has 4 heteroatoms. The van der Waals surface area contributed by atoms with Gasteiger partial charge in [0.1, 0.15) is 0 Å². The van der Waals surface area contributed by atoms with Crippen LogP contribution in [0.25, 0.3) is 0 Å². The van der Waals surface area contributed by atoms with Crippen LogP contribution in [0.1, 0.15) is 15.9 Å². The van der Waals surface area contributed by atoms with E-state index in [4.69, 9.17) is 0 Å². The molecule has 0 heterocycles. The molecule has 0 fully saturated rings. The zero-order chi connectivity index (χ0) is 12.8. The third kappa shape index (κ3) is 3.53. The number of hydrazone groups is 1. The van der Waals surface area contributed by atoms with E-state index in [1.54, 1.807) is 18.3 Å². The fraction of sp³-hybridized carbons (Fsp3) is 0. The van der Waals surface area contributed by atoms with Crippen molar-refractivity contribution in [1.82, 2.24) is 5.43 Å². The lowest BCUT2D eigenvalue weighted by Gasteiger charge is -1.98. The van der Waals surface area contributed by atoms with Crippen LogP contribution in [0.3, 0.4) is 0 Å². The van der Waals surface area contributed by atoms with Crippen LogP contribution >= 0.6 is 15.9 Å². The Kier molecular flexibility index (Phi) is 4.25. The normalized spacial score (nSPS) is 10.5. The number of carbonyl (C=O) groups excluding carboxylic acids is 1. The molecular formula is C14H11BrN2O. The SMILES string of the molecule is O=C(N/N=C\c1ccc(Br)cc1)c1ccccc1. The molecule has 0 radical (unpaired) electrons. The zero-order valence-corrected chi connectivity index (χ0v) is 11.1. The van der Waals surface area contributed by atoms with Crippen molar-refractivity contribution in [2.24, 2.45) is 5.10 Å². The molecule has 2 aromatic rings. The third-order valence-electron chi connectivity index (χ3n) is 2.29. The van der Waals surface area contributed by atoms with Gasteiger partial charge in [0.25, 0.3) is 5.91 Å². The Morgan fingerprint density at radius 3 is 2.39 bits per heavy atom. The van der Waals surface area contributed by atoms with Crippen LogP contribution in [0.4, 0.5) is 0 Å². The van der Waals surface area contributed by atoms with Gasteiger partial charge in [-0.15, -0.1) is 0 Å². The van der Waals surface area contributed by atoms with Crippen LogP contribution in [-0.4, -0.2) is 12.1 Å². The summed E-state index contributed by atoms with van der Waals surface area (Å²) < 4.78 is 1.01. The average Bonchev–Trinajstić information content (AvgIpc) is 2.42. The Balaban J connectivity index is 1.96. The highest BCUT2D eigenvalue weighted by Crippen LogP contribution is 2.08. The molecule has 90 valence electrons. The first-order valence-corrected chi connectivity index (χ1v) is 6.19. The van der Waals surface area contributed by atoms with E-state index in [9.17, 15) is 4.79 Å². The summed E-state index contributed by atoms with van der Waals surface area (Å²) in [6.45, 7) is 0.